The number of ether oxygens (including phenoxy) is 4. The van der Waals surface area contributed by atoms with Crippen LogP contribution < -0.4 is 0 Å². The van der Waals surface area contributed by atoms with Crippen molar-refractivity contribution in [3.8, 4) is 0 Å². The van der Waals surface area contributed by atoms with Gasteiger partial charge in [0.15, 0.2) is 12.2 Å². The van der Waals surface area contributed by atoms with Gasteiger partial charge in [0.1, 0.15) is 19.3 Å². The second kappa shape index (κ2) is 61.6. The fourth-order valence-corrected chi connectivity index (χ4v) is 12.4. The summed E-state index contributed by atoms with van der Waals surface area (Å²) in [5.74, 6) is 0.810. The van der Waals surface area contributed by atoms with Crippen LogP contribution in [0, 0.1) is 23.7 Å². The van der Waals surface area contributed by atoms with Gasteiger partial charge in [0, 0.05) is 25.7 Å². The van der Waals surface area contributed by atoms with E-state index in [1.54, 1.807) is 0 Å². The first-order chi connectivity index (χ1) is 43.6. The summed E-state index contributed by atoms with van der Waals surface area (Å²) in [5, 5.41) is 10.6. The summed E-state index contributed by atoms with van der Waals surface area (Å²) in [4.78, 5) is 72.5. The zero-order valence-electron chi connectivity index (χ0n) is 59.5. The van der Waals surface area contributed by atoms with Crippen LogP contribution in [0.25, 0.3) is 0 Å². The van der Waals surface area contributed by atoms with Crippen molar-refractivity contribution in [3.63, 3.8) is 0 Å². The molecule has 91 heavy (non-hydrogen) atoms. The summed E-state index contributed by atoms with van der Waals surface area (Å²) < 4.78 is 68.2. The Morgan fingerprint density at radius 3 is 0.780 bits per heavy atom. The van der Waals surface area contributed by atoms with Crippen LogP contribution in [0.3, 0.4) is 0 Å². The van der Waals surface area contributed by atoms with Crippen molar-refractivity contribution in [2.45, 2.75) is 375 Å². The van der Waals surface area contributed by atoms with Crippen molar-refractivity contribution in [3.05, 3.63) is 0 Å². The topological polar surface area (TPSA) is 237 Å². The lowest BCUT2D eigenvalue weighted by atomic mass is 10.00. The highest BCUT2D eigenvalue weighted by Crippen LogP contribution is 2.45. The van der Waals surface area contributed by atoms with E-state index >= 15 is 0 Å². The van der Waals surface area contributed by atoms with E-state index in [0.29, 0.717) is 37.5 Å². The summed E-state index contributed by atoms with van der Waals surface area (Å²) in [6.07, 6.45) is 44.9. The summed E-state index contributed by atoms with van der Waals surface area (Å²) in [7, 11) is -9.90. The molecule has 0 aromatic heterocycles. The maximum absolute atomic E-state index is 13.0. The molecule has 19 heteroatoms. The molecular weight excluding hydrogens is 1200 g/mol. The number of unbranched alkanes of at least 4 members (excludes halogenated alkanes) is 34. The number of carbonyl (C=O) groups excluding carboxylic acids is 4. The van der Waals surface area contributed by atoms with Gasteiger partial charge in [0.25, 0.3) is 0 Å². The Labute approximate surface area is 556 Å². The Balaban J connectivity index is 5.13. The van der Waals surface area contributed by atoms with E-state index in [0.717, 1.165) is 108 Å². The summed E-state index contributed by atoms with van der Waals surface area (Å²) >= 11 is 0. The van der Waals surface area contributed by atoms with E-state index in [4.69, 9.17) is 37.0 Å². The lowest BCUT2D eigenvalue weighted by Crippen LogP contribution is -2.30. The third kappa shape index (κ3) is 65.1. The van der Waals surface area contributed by atoms with E-state index in [9.17, 15) is 43.2 Å². The predicted molar refractivity (Wildman–Crippen MR) is 367 cm³/mol. The number of rotatable bonds is 69. The maximum atomic E-state index is 13.0. The highest BCUT2D eigenvalue weighted by molar-refractivity contribution is 7.47. The zero-order chi connectivity index (χ0) is 67.5. The minimum Gasteiger partial charge on any atom is -0.462 e. The van der Waals surface area contributed by atoms with Crippen LogP contribution in [-0.2, 0) is 65.4 Å². The molecule has 0 rings (SSSR count). The first-order valence-electron chi connectivity index (χ1n) is 37.2. The molecule has 0 saturated carbocycles. The first kappa shape index (κ1) is 89.1. The number of aliphatic hydroxyl groups is 1. The van der Waals surface area contributed by atoms with Crippen LogP contribution in [-0.4, -0.2) is 96.7 Å². The van der Waals surface area contributed by atoms with E-state index in [1.807, 2.05) is 0 Å². The molecule has 0 fully saturated rings. The third-order valence-electron chi connectivity index (χ3n) is 16.9. The fourth-order valence-electron chi connectivity index (χ4n) is 10.8. The quantitative estimate of drug-likeness (QED) is 0.0222. The molecule has 0 aromatic rings. The van der Waals surface area contributed by atoms with Crippen LogP contribution in [0.5, 0.6) is 0 Å². The molecule has 0 spiro atoms. The number of phosphoric ester groups is 2. The molecule has 540 valence electrons. The van der Waals surface area contributed by atoms with Gasteiger partial charge in [0.2, 0.25) is 0 Å². The smallest absolute Gasteiger partial charge is 0.462 e. The Bertz CT molecular complexity index is 1800. The molecule has 0 amide bonds. The second-order valence-electron chi connectivity index (χ2n) is 27.6. The lowest BCUT2D eigenvalue weighted by molar-refractivity contribution is -0.161. The van der Waals surface area contributed by atoms with Gasteiger partial charge in [0.05, 0.1) is 26.4 Å². The SMILES string of the molecule is CCC(C)CCCCCCCCC(=O)O[C@H](COC(=O)CCCCCCCCCC(C)C)COP(=O)(O)OCC(O)COP(=O)(O)OC[C@@H](COC(=O)CCCCCCCCCCCCCCCCCCCCC(C)C)OC(=O)CCCCCCCCCC(C)C. The molecule has 0 aliphatic carbocycles. The van der Waals surface area contributed by atoms with Crippen molar-refractivity contribution in [1.29, 1.82) is 0 Å². The number of esters is 4. The summed E-state index contributed by atoms with van der Waals surface area (Å²) in [6.45, 7) is 14.0. The van der Waals surface area contributed by atoms with Crippen molar-refractivity contribution in [2.75, 3.05) is 39.6 Å². The second-order valence-corrected chi connectivity index (χ2v) is 30.6. The van der Waals surface area contributed by atoms with Gasteiger partial charge in [-0.25, -0.2) is 9.13 Å². The maximum Gasteiger partial charge on any atom is 0.472 e. The lowest BCUT2D eigenvalue weighted by Gasteiger charge is -2.21. The first-order valence-corrected chi connectivity index (χ1v) is 40.2. The number of hydrogen-bond acceptors (Lipinski definition) is 15. The molecule has 6 atom stereocenters. The van der Waals surface area contributed by atoms with Gasteiger partial charge >= 0.3 is 39.5 Å². The molecular formula is C72H140O17P2. The fraction of sp³-hybridized carbons (Fsp3) is 0.944. The van der Waals surface area contributed by atoms with Gasteiger partial charge in [-0.2, -0.15) is 0 Å². The molecule has 0 aromatic carbocycles. The molecule has 0 bridgehead atoms. The average Bonchev–Trinajstić information content (AvgIpc) is 3.45. The number of phosphoric acid groups is 2. The Morgan fingerprint density at radius 2 is 0.527 bits per heavy atom. The summed E-state index contributed by atoms with van der Waals surface area (Å²) in [6, 6.07) is 0. The van der Waals surface area contributed by atoms with Gasteiger partial charge in [-0.15, -0.1) is 0 Å². The number of carbonyl (C=O) groups is 4. The highest BCUT2D eigenvalue weighted by atomic mass is 31.2. The van der Waals surface area contributed by atoms with Gasteiger partial charge in [-0.1, -0.05) is 306 Å². The van der Waals surface area contributed by atoms with Crippen LogP contribution in [0.2, 0.25) is 0 Å². The van der Waals surface area contributed by atoms with E-state index < -0.39 is 97.5 Å². The monoisotopic (exact) mass is 1340 g/mol. The van der Waals surface area contributed by atoms with E-state index in [2.05, 4.69) is 55.4 Å². The molecule has 0 radical (unpaired) electrons. The van der Waals surface area contributed by atoms with Crippen LogP contribution in [0.15, 0.2) is 0 Å². The Kier molecular flexibility index (Phi) is 60.3. The summed E-state index contributed by atoms with van der Waals surface area (Å²) in [5.41, 5.74) is 0. The molecule has 4 unspecified atom stereocenters. The number of aliphatic hydroxyl groups excluding tert-OH is 1. The standard InChI is InChI=1S/C72H140O17P2/c1-9-65(8)51-43-35-30-31-39-47-55-72(77)89-68(59-83-70(75)53-45-37-28-22-25-33-41-49-63(4)5)61-87-91(80,81)85-57-66(73)56-84-90(78,79)86-60-67(88-71(76)54-46-38-29-23-26-34-42-50-64(6)7)58-82-69(74)52-44-36-27-21-19-17-15-13-11-10-12-14-16-18-20-24-32-40-48-62(2)3/h62-68,73H,9-61H2,1-8H3,(H,78,79)(H,80,81)/t65?,66?,67-,68-/m1/s1. The van der Waals surface area contributed by atoms with Crippen molar-refractivity contribution < 1.29 is 80.2 Å². The minimum absolute atomic E-state index is 0.102. The molecule has 0 aliphatic heterocycles. The van der Waals surface area contributed by atoms with Crippen LogP contribution >= 0.6 is 15.6 Å². The molecule has 3 N–H and O–H groups in total. The Hall–Kier alpha value is -1.94. The molecule has 0 aliphatic rings. The van der Waals surface area contributed by atoms with E-state index in [-0.39, 0.29) is 25.7 Å². The van der Waals surface area contributed by atoms with Crippen molar-refractivity contribution in [1.82, 2.24) is 0 Å². The molecule has 17 nitrogen and oxygen atoms in total. The van der Waals surface area contributed by atoms with Gasteiger partial charge in [-0.05, 0) is 49.4 Å². The third-order valence-corrected chi connectivity index (χ3v) is 18.8. The minimum atomic E-state index is -4.95. The van der Waals surface area contributed by atoms with Crippen molar-refractivity contribution >= 4 is 39.5 Å². The van der Waals surface area contributed by atoms with Gasteiger partial charge in [-0.3, -0.25) is 37.3 Å². The molecule has 0 heterocycles. The Morgan fingerprint density at radius 1 is 0.308 bits per heavy atom. The predicted octanol–water partition coefficient (Wildman–Crippen LogP) is 20.5. The highest BCUT2D eigenvalue weighted by Gasteiger charge is 2.30. The van der Waals surface area contributed by atoms with Crippen LogP contribution in [0.4, 0.5) is 0 Å². The van der Waals surface area contributed by atoms with Gasteiger partial charge < -0.3 is 33.8 Å². The van der Waals surface area contributed by atoms with E-state index in [1.165, 1.54) is 154 Å². The normalized spacial score (nSPS) is 14.5. The largest absolute Gasteiger partial charge is 0.472 e. The molecule has 0 saturated heterocycles. The number of hydrogen-bond donors (Lipinski definition) is 3. The van der Waals surface area contributed by atoms with Crippen LogP contribution in [0.1, 0.15) is 357 Å². The zero-order valence-corrected chi connectivity index (χ0v) is 61.3. The van der Waals surface area contributed by atoms with Crippen molar-refractivity contribution in [2.24, 2.45) is 23.7 Å². The average molecular weight is 1340 g/mol.